The molecular formula is C40H79NO5. The van der Waals surface area contributed by atoms with E-state index in [4.69, 9.17) is 9.47 Å². The third-order valence-corrected chi connectivity index (χ3v) is 9.63. The second-order valence-corrected chi connectivity index (χ2v) is 14.7. The van der Waals surface area contributed by atoms with E-state index in [2.05, 4.69) is 39.5 Å². The lowest BCUT2D eigenvalue weighted by atomic mass is 9.88. The average Bonchev–Trinajstić information content (AvgIpc) is 3.04. The Morgan fingerprint density at radius 2 is 1.11 bits per heavy atom. The van der Waals surface area contributed by atoms with Gasteiger partial charge in [-0.25, -0.2) is 0 Å². The van der Waals surface area contributed by atoms with E-state index >= 15 is 0 Å². The third-order valence-electron chi connectivity index (χ3n) is 9.63. The molecule has 0 aromatic carbocycles. The number of ether oxygens (including phenoxy) is 2. The Hall–Kier alpha value is -1.14. The van der Waals surface area contributed by atoms with E-state index in [1.54, 1.807) is 0 Å². The van der Waals surface area contributed by atoms with Gasteiger partial charge in [0.25, 0.3) is 0 Å². The molecule has 1 N–H and O–H groups in total. The Bertz CT molecular complexity index is 679. The lowest BCUT2D eigenvalue weighted by Gasteiger charge is -2.25. The van der Waals surface area contributed by atoms with Crippen LogP contribution >= 0.6 is 0 Å². The molecule has 0 aromatic rings. The van der Waals surface area contributed by atoms with E-state index in [1.165, 1.54) is 70.6 Å². The fourth-order valence-electron chi connectivity index (χ4n) is 6.22. The molecule has 0 radical (unpaired) electrons. The molecule has 46 heavy (non-hydrogen) atoms. The van der Waals surface area contributed by atoms with E-state index in [9.17, 15) is 14.7 Å². The summed E-state index contributed by atoms with van der Waals surface area (Å²) in [6.45, 7) is 15.3. The number of aliphatic hydroxyl groups is 1. The first-order valence-electron chi connectivity index (χ1n) is 19.9. The van der Waals surface area contributed by atoms with Crippen molar-refractivity contribution in [2.24, 2.45) is 11.3 Å². The summed E-state index contributed by atoms with van der Waals surface area (Å²) >= 11 is 0. The number of carbonyl (C=O) groups is 2. The minimum atomic E-state index is -0.0390. The summed E-state index contributed by atoms with van der Waals surface area (Å²) in [5.41, 5.74) is 0.0174. The first-order chi connectivity index (χ1) is 22.3. The van der Waals surface area contributed by atoms with Gasteiger partial charge in [0.15, 0.2) is 0 Å². The summed E-state index contributed by atoms with van der Waals surface area (Å²) in [4.78, 5) is 26.6. The highest BCUT2D eigenvalue weighted by atomic mass is 16.5. The molecule has 0 rings (SSSR count). The molecule has 0 heterocycles. The van der Waals surface area contributed by atoms with Gasteiger partial charge in [0.1, 0.15) is 0 Å². The normalized spacial score (nSPS) is 11.9. The Morgan fingerprint density at radius 1 is 0.609 bits per heavy atom. The largest absolute Gasteiger partial charge is 0.466 e. The first kappa shape index (κ1) is 44.9. The van der Waals surface area contributed by atoms with E-state index in [-0.39, 0.29) is 24.0 Å². The monoisotopic (exact) mass is 654 g/mol. The summed E-state index contributed by atoms with van der Waals surface area (Å²) < 4.78 is 11.0. The van der Waals surface area contributed by atoms with Crippen LogP contribution < -0.4 is 0 Å². The number of unbranched alkanes of at least 4 members (excludes halogenated alkanes) is 15. The fourth-order valence-corrected chi connectivity index (χ4v) is 6.22. The molecule has 0 fully saturated rings. The Morgan fingerprint density at radius 3 is 1.70 bits per heavy atom. The average molecular weight is 654 g/mol. The summed E-state index contributed by atoms with van der Waals surface area (Å²) in [5.74, 6) is 0.809. The number of hydrogen-bond donors (Lipinski definition) is 1. The van der Waals surface area contributed by atoms with Crippen LogP contribution in [0.1, 0.15) is 195 Å². The molecule has 0 spiro atoms. The molecule has 6 heteroatoms. The van der Waals surface area contributed by atoms with Crippen LogP contribution in [0.3, 0.4) is 0 Å². The second-order valence-electron chi connectivity index (χ2n) is 14.7. The second kappa shape index (κ2) is 32.4. The van der Waals surface area contributed by atoms with Crippen molar-refractivity contribution in [2.75, 3.05) is 39.5 Å². The highest BCUT2D eigenvalue weighted by Crippen LogP contribution is 2.25. The molecule has 0 aliphatic rings. The van der Waals surface area contributed by atoms with Gasteiger partial charge in [-0.1, -0.05) is 144 Å². The van der Waals surface area contributed by atoms with Gasteiger partial charge in [-0.3, -0.25) is 9.59 Å². The quantitative estimate of drug-likeness (QED) is 0.0542. The number of nitrogens with zero attached hydrogens (tertiary/aromatic N) is 1. The number of esters is 2. The summed E-state index contributed by atoms with van der Waals surface area (Å²) in [6, 6.07) is 0. The molecule has 0 unspecified atom stereocenters. The standard InChI is InChI=1S/C40H79NO5/c1-6-9-10-11-12-14-22-29-39(44)46-36-40(4,5)30-23-19-25-32-41(33-34-42)31-24-17-13-15-21-28-38(43)45-35-26-18-16-20-27-37(7-2)8-3/h37,42H,6-36H2,1-5H3. The van der Waals surface area contributed by atoms with Crippen molar-refractivity contribution in [1.29, 1.82) is 0 Å². The zero-order valence-corrected chi connectivity index (χ0v) is 31.5. The number of rotatable bonds is 35. The van der Waals surface area contributed by atoms with Crippen LogP contribution in [0, 0.1) is 11.3 Å². The minimum Gasteiger partial charge on any atom is -0.466 e. The predicted molar refractivity (Wildman–Crippen MR) is 195 cm³/mol. The zero-order chi connectivity index (χ0) is 34.1. The number of aliphatic hydroxyl groups excluding tert-OH is 1. The molecule has 0 saturated heterocycles. The smallest absolute Gasteiger partial charge is 0.305 e. The molecule has 0 aliphatic carbocycles. The van der Waals surface area contributed by atoms with Crippen molar-refractivity contribution >= 4 is 11.9 Å². The summed E-state index contributed by atoms with van der Waals surface area (Å²) in [7, 11) is 0. The van der Waals surface area contributed by atoms with E-state index in [0.717, 1.165) is 103 Å². The van der Waals surface area contributed by atoms with Gasteiger partial charge < -0.3 is 19.5 Å². The van der Waals surface area contributed by atoms with Crippen molar-refractivity contribution < 1.29 is 24.2 Å². The molecule has 0 aromatic heterocycles. The maximum atomic E-state index is 12.2. The van der Waals surface area contributed by atoms with Crippen LogP contribution in [-0.2, 0) is 19.1 Å². The fraction of sp³-hybridized carbons (Fsp3) is 0.950. The van der Waals surface area contributed by atoms with Gasteiger partial charge in [-0.05, 0) is 62.9 Å². The van der Waals surface area contributed by atoms with Crippen LogP contribution in [0.4, 0.5) is 0 Å². The van der Waals surface area contributed by atoms with Gasteiger partial charge in [-0.15, -0.1) is 0 Å². The van der Waals surface area contributed by atoms with Gasteiger partial charge >= 0.3 is 11.9 Å². The summed E-state index contributed by atoms with van der Waals surface area (Å²) in [5, 5.41) is 9.51. The number of carbonyl (C=O) groups excluding carboxylic acids is 2. The van der Waals surface area contributed by atoms with Crippen molar-refractivity contribution in [3.63, 3.8) is 0 Å². The third kappa shape index (κ3) is 30.2. The SMILES string of the molecule is CCCCCCCCCC(=O)OCC(C)(C)CCCCCN(CCO)CCCCCCCC(=O)OCCCCCCC(CC)CC. The molecule has 6 nitrogen and oxygen atoms in total. The Balaban J connectivity index is 3.77. The topological polar surface area (TPSA) is 76.1 Å². The molecule has 0 amide bonds. The number of hydrogen-bond acceptors (Lipinski definition) is 6. The molecule has 274 valence electrons. The highest BCUT2D eigenvalue weighted by Gasteiger charge is 2.20. The van der Waals surface area contributed by atoms with Crippen molar-refractivity contribution in [3.8, 4) is 0 Å². The van der Waals surface area contributed by atoms with Gasteiger partial charge in [-0.2, -0.15) is 0 Å². The van der Waals surface area contributed by atoms with E-state index < -0.39 is 0 Å². The lowest BCUT2D eigenvalue weighted by Crippen LogP contribution is -2.29. The van der Waals surface area contributed by atoms with Crippen LogP contribution in [0.15, 0.2) is 0 Å². The molecule has 0 bridgehead atoms. The van der Waals surface area contributed by atoms with Crippen molar-refractivity contribution in [2.45, 2.75) is 195 Å². The van der Waals surface area contributed by atoms with E-state index in [1.807, 2.05) is 0 Å². The van der Waals surface area contributed by atoms with Crippen molar-refractivity contribution in [1.82, 2.24) is 4.90 Å². The molecular weight excluding hydrogens is 574 g/mol. The van der Waals surface area contributed by atoms with Gasteiger partial charge in [0.05, 0.1) is 19.8 Å². The van der Waals surface area contributed by atoms with E-state index in [0.29, 0.717) is 26.1 Å². The van der Waals surface area contributed by atoms with Crippen LogP contribution in [0.2, 0.25) is 0 Å². The Kier molecular flexibility index (Phi) is 31.6. The first-order valence-corrected chi connectivity index (χ1v) is 19.9. The maximum Gasteiger partial charge on any atom is 0.305 e. The van der Waals surface area contributed by atoms with Gasteiger partial charge in [0, 0.05) is 19.4 Å². The Labute approximate surface area is 286 Å². The lowest BCUT2D eigenvalue weighted by molar-refractivity contribution is -0.147. The summed E-state index contributed by atoms with van der Waals surface area (Å²) in [6.07, 6.45) is 28.2. The maximum absolute atomic E-state index is 12.2. The zero-order valence-electron chi connectivity index (χ0n) is 31.5. The minimum absolute atomic E-state index is 0.0174. The van der Waals surface area contributed by atoms with Crippen LogP contribution in [0.25, 0.3) is 0 Å². The molecule has 0 aliphatic heterocycles. The molecule has 0 saturated carbocycles. The van der Waals surface area contributed by atoms with Gasteiger partial charge in [0.2, 0.25) is 0 Å². The van der Waals surface area contributed by atoms with Crippen LogP contribution in [-0.4, -0.2) is 61.4 Å². The molecule has 0 atom stereocenters. The predicted octanol–water partition coefficient (Wildman–Crippen LogP) is 10.8. The van der Waals surface area contributed by atoms with Crippen molar-refractivity contribution in [3.05, 3.63) is 0 Å². The highest BCUT2D eigenvalue weighted by molar-refractivity contribution is 5.69. The van der Waals surface area contributed by atoms with Crippen LogP contribution in [0.5, 0.6) is 0 Å².